The van der Waals surface area contributed by atoms with Gasteiger partial charge in [0.2, 0.25) is 0 Å². The van der Waals surface area contributed by atoms with E-state index < -0.39 is 0 Å². The van der Waals surface area contributed by atoms with E-state index in [0.717, 1.165) is 93.2 Å². The molecule has 0 spiro atoms. The van der Waals surface area contributed by atoms with Crippen molar-refractivity contribution in [1.29, 1.82) is 0 Å². The summed E-state index contributed by atoms with van der Waals surface area (Å²) < 4.78 is 13.1. The molecular weight excluding hydrogens is 638 g/mol. The van der Waals surface area contributed by atoms with Crippen LogP contribution in [-0.4, -0.2) is 125 Å². The fourth-order valence-electron chi connectivity index (χ4n) is 7.44. The van der Waals surface area contributed by atoms with Crippen molar-refractivity contribution in [1.82, 2.24) is 34.5 Å². The fraction of sp³-hybridized carbons (Fsp3) is 0.486. The van der Waals surface area contributed by atoms with Crippen molar-refractivity contribution in [3.63, 3.8) is 0 Å². The number of nitrogens with zero attached hydrogens (tertiary/aromatic N) is 9. The number of carbonyl (C=O) groups excluding carboxylic acids is 2. The molecule has 0 aliphatic carbocycles. The molecule has 4 aliphatic heterocycles. The Hall–Kier alpha value is -5.02. The maximum atomic E-state index is 12.9. The Morgan fingerprint density at radius 2 is 1.52 bits per heavy atom. The Kier molecular flexibility index (Phi) is 8.83. The molecule has 2 N–H and O–H groups in total. The summed E-state index contributed by atoms with van der Waals surface area (Å²) in [5.41, 5.74) is 2.86. The number of aromatic nitrogens is 5. The molecular formula is C35H43N11O4. The van der Waals surface area contributed by atoms with Crippen LogP contribution in [0.25, 0.3) is 22.4 Å². The molecule has 50 heavy (non-hydrogen) atoms. The van der Waals surface area contributed by atoms with E-state index in [-0.39, 0.29) is 30.4 Å². The van der Waals surface area contributed by atoms with E-state index in [1.807, 2.05) is 47.3 Å². The Morgan fingerprint density at radius 1 is 0.820 bits per heavy atom. The van der Waals surface area contributed by atoms with Crippen LogP contribution in [0.5, 0.6) is 0 Å². The van der Waals surface area contributed by atoms with Crippen LogP contribution in [0.4, 0.5) is 32.6 Å². The summed E-state index contributed by atoms with van der Waals surface area (Å²) in [6.07, 6.45) is 7.27. The molecule has 4 aromatic rings. The number of carbonyl (C=O) groups is 2. The summed E-state index contributed by atoms with van der Waals surface area (Å²) in [6.45, 7) is 6.61. The number of hydrogen-bond donors (Lipinski definition) is 2. The van der Waals surface area contributed by atoms with Crippen LogP contribution in [0, 0.1) is 0 Å². The molecule has 4 saturated heterocycles. The van der Waals surface area contributed by atoms with Crippen molar-refractivity contribution in [2.24, 2.45) is 0 Å². The first-order valence-corrected chi connectivity index (χ1v) is 17.5. The number of benzene rings is 1. The Labute approximate surface area is 290 Å². The topological polar surface area (TPSA) is 146 Å². The normalized spacial score (nSPS) is 21.4. The van der Waals surface area contributed by atoms with E-state index in [4.69, 9.17) is 24.5 Å². The zero-order chi connectivity index (χ0) is 34.2. The van der Waals surface area contributed by atoms with Gasteiger partial charge < -0.3 is 39.7 Å². The van der Waals surface area contributed by atoms with Crippen LogP contribution in [-0.2, 0) is 9.47 Å². The molecule has 0 radical (unpaired) electrons. The molecule has 2 bridgehead atoms. The number of piperazine rings is 1. The minimum Gasteiger partial charge on any atom is -0.453 e. The summed E-state index contributed by atoms with van der Waals surface area (Å²) >= 11 is 0. The monoisotopic (exact) mass is 681 g/mol. The third kappa shape index (κ3) is 6.62. The van der Waals surface area contributed by atoms with E-state index in [2.05, 4.69) is 37.4 Å². The highest BCUT2D eigenvalue weighted by atomic mass is 16.5. The highest BCUT2D eigenvalue weighted by Gasteiger charge is 2.36. The van der Waals surface area contributed by atoms with Gasteiger partial charge in [-0.25, -0.2) is 29.2 Å². The number of likely N-dealkylation sites (tertiary alicyclic amines) is 1. The molecule has 2 unspecified atom stereocenters. The number of fused-ring (bicyclic) bond motifs is 3. The van der Waals surface area contributed by atoms with Crippen LogP contribution in [0.2, 0.25) is 0 Å². The second kappa shape index (κ2) is 13.7. The van der Waals surface area contributed by atoms with E-state index in [1.54, 1.807) is 11.1 Å². The molecule has 2 atom stereocenters. The second-order valence-electron chi connectivity index (χ2n) is 13.6. The first-order chi connectivity index (χ1) is 24.4. The largest absolute Gasteiger partial charge is 0.453 e. The third-order valence-electron chi connectivity index (χ3n) is 10.3. The molecule has 0 saturated carbocycles. The molecule has 262 valence electrons. The Bertz CT molecular complexity index is 1820. The van der Waals surface area contributed by atoms with Gasteiger partial charge in [0.15, 0.2) is 11.5 Å². The molecule has 1 aromatic carbocycles. The number of pyridine rings is 1. The number of morpholine rings is 1. The summed E-state index contributed by atoms with van der Waals surface area (Å²) in [5.74, 6) is 2.36. The van der Waals surface area contributed by atoms with Crippen LogP contribution >= 0.6 is 0 Å². The minimum atomic E-state index is -0.351. The quantitative estimate of drug-likeness (QED) is 0.304. The highest BCUT2D eigenvalue weighted by molar-refractivity contribution is 5.99. The molecule has 8 rings (SSSR count). The second-order valence-corrected chi connectivity index (χ2v) is 13.6. The zero-order valence-electron chi connectivity index (χ0n) is 28.5. The van der Waals surface area contributed by atoms with E-state index in [1.165, 1.54) is 7.11 Å². The first-order valence-electron chi connectivity index (χ1n) is 17.5. The smallest absolute Gasteiger partial charge is 0.409 e. The molecule has 4 aliphatic rings. The number of nitrogens with one attached hydrogen (secondary N) is 2. The van der Waals surface area contributed by atoms with Crippen LogP contribution in [0.1, 0.15) is 31.7 Å². The first kappa shape index (κ1) is 32.2. The standard InChI is InChI=1S/C35H43N11O4/c1-42-15-17-43(18-16-42)30-10-7-25(19-36-30)39-34(47)38-24-5-3-23(4-6-24)31-40-32(45-21-27-8-9-28(22-45)50-27)29-20-37-46(33(29)41-31)26-11-13-44(14-12-26)35(48)49-2/h3-7,10,19-20,26-28H,8-9,11-18,21-22H2,1-2H3,(H2,38,39,47). The Balaban J connectivity index is 0.997. The lowest BCUT2D eigenvalue weighted by molar-refractivity contribution is 0.0303. The van der Waals surface area contributed by atoms with Gasteiger partial charge in [0.1, 0.15) is 11.6 Å². The van der Waals surface area contributed by atoms with Gasteiger partial charge in [-0.05, 0) is 69.1 Å². The maximum Gasteiger partial charge on any atom is 0.409 e. The SMILES string of the molecule is COC(=O)N1CCC(n2ncc3c(N4CC5CCC(C4)O5)nc(-c4ccc(NC(=O)Nc5ccc(N6CCN(C)CC6)nc5)cc4)nc32)CC1. The molecule has 15 heteroatoms. The minimum absolute atomic E-state index is 0.0909. The number of ether oxygens (including phenoxy) is 2. The summed E-state index contributed by atoms with van der Waals surface area (Å²) in [7, 11) is 3.54. The van der Waals surface area contributed by atoms with Gasteiger partial charge in [-0.15, -0.1) is 0 Å². The van der Waals surface area contributed by atoms with Gasteiger partial charge in [0.25, 0.3) is 0 Å². The summed E-state index contributed by atoms with van der Waals surface area (Å²) in [4.78, 5) is 48.3. The van der Waals surface area contributed by atoms with Gasteiger partial charge in [0, 0.05) is 63.6 Å². The lowest BCUT2D eigenvalue weighted by Gasteiger charge is -2.33. The number of piperidine rings is 1. The number of amides is 3. The highest BCUT2D eigenvalue weighted by Crippen LogP contribution is 2.35. The van der Waals surface area contributed by atoms with Gasteiger partial charge in [-0.2, -0.15) is 5.10 Å². The van der Waals surface area contributed by atoms with Crippen molar-refractivity contribution in [3.8, 4) is 11.4 Å². The molecule has 15 nitrogen and oxygen atoms in total. The molecule has 3 aromatic heterocycles. The number of methoxy groups -OCH3 is 1. The summed E-state index contributed by atoms with van der Waals surface area (Å²) in [6, 6.07) is 11.1. The number of rotatable bonds is 6. The van der Waals surface area contributed by atoms with Crippen LogP contribution in [0.3, 0.4) is 0 Å². The fourth-order valence-corrected chi connectivity index (χ4v) is 7.44. The molecule has 3 amide bonds. The number of anilines is 4. The Morgan fingerprint density at radius 3 is 2.20 bits per heavy atom. The van der Waals surface area contributed by atoms with Crippen LogP contribution in [0.15, 0.2) is 48.8 Å². The number of hydrogen-bond acceptors (Lipinski definition) is 11. The predicted octanol–water partition coefficient (Wildman–Crippen LogP) is 4.06. The lowest BCUT2D eigenvalue weighted by atomic mass is 10.1. The van der Waals surface area contributed by atoms with Crippen molar-refractivity contribution in [2.75, 3.05) is 86.9 Å². The lowest BCUT2D eigenvalue weighted by Crippen LogP contribution is -2.44. The third-order valence-corrected chi connectivity index (χ3v) is 10.3. The average Bonchev–Trinajstić information content (AvgIpc) is 3.73. The summed E-state index contributed by atoms with van der Waals surface area (Å²) in [5, 5.41) is 11.5. The van der Waals surface area contributed by atoms with Gasteiger partial charge in [-0.1, -0.05) is 0 Å². The molecule has 7 heterocycles. The van der Waals surface area contributed by atoms with Crippen LogP contribution < -0.4 is 20.4 Å². The zero-order valence-corrected chi connectivity index (χ0v) is 28.5. The van der Waals surface area contributed by atoms with Gasteiger partial charge in [0.05, 0.1) is 48.8 Å². The van der Waals surface area contributed by atoms with E-state index in [0.29, 0.717) is 30.3 Å². The van der Waals surface area contributed by atoms with Gasteiger partial charge >= 0.3 is 12.1 Å². The number of likely N-dealkylation sites (N-methyl/N-ethyl adjacent to an activating group) is 1. The van der Waals surface area contributed by atoms with E-state index in [9.17, 15) is 9.59 Å². The van der Waals surface area contributed by atoms with Crippen molar-refractivity contribution in [2.45, 2.75) is 43.9 Å². The average molecular weight is 682 g/mol. The predicted molar refractivity (Wildman–Crippen MR) is 190 cm³/mol. The van der Waals surface area contributed by atoms with Crippen molar-refractivity contribution < 1.29 is 19.1 Å². The van der Waals surface area contributed by atoms with Gasteiger partial charge in [-0.3, -0.25) is 0 Å². The molecule has 4 fully saturated rings. The number of urea groups is 1. The maximum absolute atomic E-state index is 12.9. The van der Waals surface area contributed by atoms with Crippen molar-refractivity contribution >= 4 is 46.2 Å². The van der Waals surface area contributed by atoms with Crippen molar-refractivity contribution in [3.05, 3.63) is 48.8 Å². The van der Waals surface area contributed by atoms with E-state index >= 15 is 0 Å².